The molecule has 0 unspecified atom stereocenters. The topological polar surface area (TPSA) is 46.3 Å². The van der Waals surface area contributed by atoms with Crippen LogP contribution in [0.15, 0.2) is 35.7 Å². The second-order valence-electron chi connectivity index (χ2n) is 5.30. The lowest BCUT2D eigenvalue weighted by Crippen LogP contribution is -2.32. The zero-order valence-corrected chi connectivity index (χ0v) is 12.3. The van der Waals surface area contributed by atoms with E-state index < -0.39 is 0 Å². The molecule has 104 valence electrons. The highest BCUT2D eigenvalue weighted by atomic mass is 32.1. The number of carbonyl (C=O) groups is 1. The first kappa shape index (κ1) is 13.2. The summed E-state index contributed by atoms with van der Waals surface area (Å²) in [6.07, 6.45) is 2.20. The number of para-hydroxylation sites is 1. The van der Waals surface area contributed by atoms with Gasteiger partial charge in [-0.25, -0.2) is 0 Å². The monoisotopic (exact) mass is 286 g/mol. The molecule has 1 heterocycles. The number of anilines is 1. The first-order valence-corrected chi connectivity index (χ1v) is 7.73. The predicted octanol–water partition coefficient (Wildman–Crippen LogP) is 3.44. The van der Waals surface area contributed by atoms with Crippen LogP contribution in [0.4, 0.5) is 5.69 Å². The fourth-order valence-electron chi connectivity index (χ4n) is 2.34. The quantitative estimate of drug-likeness (QED) is 0.875. The molecule has 1 saturated carbocycles. The van der Waals surface area contributed by atoms with E-state index in [0.717, 1.165) is 34.5 Å². The van der Waals surface area contributed by atoms with E-state index in [9.17, 15) is 4.79 Å². The minimum atomic E-state index is 0.142. The first-order chi connectivity index (χ1) is 9.66. The van der Waals surface area contributed by atoms with Crippen LogP contribution in [0, 0.1) is 6.92 Å². The maximum atomic E-state index is 12.7. The Labute approximate surface area is 123 Å². The Morgan fingerprint density at radius 1 is 1.35 bits per heavy atom. The molecule has 1 aromatic carbocycles. The predicted molar refractivity (Wildman–Crippen MR) is 82.8 cm³/mol. The third kappa shape index (κ3) is 2.56. The molecule has 0 aliphatic heterocycles. The van der Waals surface area contributed by atoms with Crippen LogP contribution in [0.25, 0.3) is 0 Å². The molecule has 0 bridgehead atoms. The number of amides is 1. The van der Waals surface area contributed by atoms with Gasteiger partial charge in [0.2, 0.25) is 0 Å². The SMILES string of the molecule is Cc1ccsc1C(=O)N(Cc1ccccc1N)C1CC1. The average Bonchev–Trinajstić information content (AvgIpc) is 3.19. The van der Waals surface area contributed by atoms with E-state index in [0.29, 0.717) is 12.6 Å². The van der Waals surface area contributed by atoms with Gasteiger partial charge in [0, 0.05) is 18.3 Å². The van der Waals surface area contributed by atoms with E-state index in [-0.39, 0.29) is 5.91 Å². The van der Waals surface area contributed by atoms with E-state index in [2.05, 4.69) is 0 Å². The van der Waals surface area contributed by atoms with Gasteiger partial charge in [-0.3, -0.25) is 4.79 Å². The van der Waals surface area contributed by atoms with Crippen LogP contribution in [0.3, 0.4) is 0 Å². The van der Waals surface area contributed by atoms with Gasteiger partial charge in [0.05, 0.1) is 4.88 Å². The van der Waals surface area contributed by atoms with Gasteiger partial charge in [-0.1, -0.05) is 18.2 Å². The highest BCUT2D eigenvalue weighted by Gasteiger charge is 2.34. The lowest BCUT2D eigenvalue weighted by Gasteiger charge is -2.23. The van der Waals surface area contributed by atoms with Crippen LogP contribution >= 0.6 is 11.3 Å². The number of nitrogens with two attached hydrogens (primary N) is 1. The summed E-state index contributed by atoms with van der Waals surface area (Å²) in [6, 6.07) is 10.2. The number of hydrogen-bond donors (Lipinski definition) is 1. The molecule has 4 heteroatoms. The van der Waals surface area contributed by atoms with Crippen molar-refractivity contribution in [3.63, 3.8) is 0 Å². The zero-order chi connectivity index (χ0) is 14.1. The van der Waals surface area contributed by atoms with Crippen molar-refractivity contribution in [2.45, 2.75) is 32.4 Å². The minimum absolute atomic E-state index is 0.142. The molecule has 3 rings (SSSR count). The third-order valence-corrected chi connectivity index (χ3v) is 4.71. The zero-order valence-electron chi connectivity index (χ0n) is 11.5. The van der Waals surface area contributed by atoms with Crippen LogP contribution in [0.5, 0.6) is 0 Å². The van der Waals surface area contributed by atoms with Crippen molar-refractivity contribution in [3.8, 4) is 0 Å². The Hall–Kier alpha value is -1.81. The summed E-state index contributed by atoms with van der Waals surface area (Å²) in [4.78, 5) is 15.5. The first-order valence-electron chi connectivity index (χ1n) is 6.85. The van der Waals surface area contributed by atoms with E-state index >= 15 is 0 Å². The van der Waals surface area contributed by atoms with Crippen molar-refractivity contribution in [1.82, 2.24) is 4.90 Å². The fourth-order valence-corrected chi connectivity index (χ4v) is 3.22. The molecular weight excluding hydrogens is 268 g/mol. The Kier molecular flexibility index (Phi) is 3.49. The van der Waals surface area contributed by atoms with Crippen molar-refractivity contribution < 1.29 is 4.79 Å². The summed E-state index contributed by atoms with van der Waals surface area (Å²) < 4.78 is 0. The number of nitrogens with zero attached hydrogens (tertiary/aromatic N) is 1. The van der Waals surface area contributed by atoms with Crippen molar-refractivity contribution in [2.24, 2.45) is 0 Å². The fraction of sp³-hybridized carbons (Fsp3) is 0.312. The minimum Gasteiger partial charge on any atom is -0.398 e. The van der Waals surface area contributed by atoms with E-state index in [1.807, 2.05) is 47.5 Å². The lowest BCUT2D eigenvalue weighted by molar-refractivity contribution is 0.0734. The van der Waals surface area contributed by atoms with E-state index in [1.54, 1.807) is 0 Å². The van der Waals surface area contributed by atoms with Crippen LogP contribution < -0.4 is 5.73 Å². The normalized spacial score (nSPS) is 14.2. The molecule has 1 aliphatic carbocycles. The van der Waals surface area contributed by atoms with Gasteiger partial charge in [0.1, 0.15) is 0 Å². The Morgan fingerprint density at radius 3 is 2.70 bits per heavy atom. The molecular formula is C16H18N2OS. The number of benzene rings is 1. The molecule has 2 aromatic rings. The van der Waals surface area contributed by atoms with Gasteiger partial charge in [0.15, 0.2) is 0 Å². The summed E-state index contributed by atoms with van der Waals surface area (Å²) in [5, 5.41) is 1.98. The van der Waals surface area contributed by atoms with Crippen molar-refractivity contribution >= 4 is 22.9 Å². The molecule has 0 saturated heterocycles. The summed E-state index contributed by atoms with van der Waals surface area (Å²) in [5.41, 5.74) is 8.85. The summed E-state index contributed by atoms with van der Waals surface area (Å²) in [7, 11) is 0. The number of aryl methyl sites for hydroxylation is 1. The number of hydrogen-bond acceptors (Lipinski definition) is 3. The molecule has 1 aromatic heterocycles. The van der Waals surface area contributed by atoms with Crippen LogP contribution in [-0.4, -0.2) is 16.8 Å². The molecule has 3 nitrogen and oxygen atoms in total. The Morgan fingerprint density at radius 2 is 2.10 bits per heavy atom. The van der Waals surface area contributed by atoms with Crippen LogP contribution in [0.1, 0.15) is 33.6 Å². The van der Waals surface area contributed by atoms with E-state index in [1.165, 1.54) is 11.3 Å². The van der Waals surface area contributed by atoms with Gasteiger partial charge < -0.3 is 10.6 Å². The maximum absolute atomic E-state index is 12.7. The van der Waals surface area contributed by atoms with Crippen LogP contribution in [0.2, 0.25) is 0 Å². The Balaban J connectivity index is 1.85. The standard InChI is InChI=1S/C16H18N2OS/c1-11-8-9-20-15(11)16(19)18(13-6-7-13)10-12-4-2-3-5-14(12)17/h2-5,8-9,13H,6-7,10,17H2,1H3. The van der Waals surface area contributed by atoms with Crippen LogP contribution in [-0.2, 0) is 6.54 Å². The van der Waals surface area contributed by atoms with Gasteiger partial charge in [-0.15, -0.1) is 11.3 Å². The number of carbonyl (C=O) groups excluding carboxylic acids is 1. The second-order valence-corrected chi connectivity index (χ2v) is 6.21. The molecule has 0 atom stereocenters. The Bertz CT molecular complexity index is 631. The van der Waals surface area contributed by atoms with Gasteiger partial charge in [-0.2, -0.15) is 0 Å². The lowest BCUT2D eigenvalue weighted by atomic mass is 10.1. The maximum Gasteiger partial charge on any atom is 0.264 e. The number of nitrogen functional groups attached to an aromatic ring is 1. The molecule has 20 heavy (non-hydrogen) atoms. The van der Waals surface area contributed by atoms with Gasteiger partial charge >= 0.3 is 0 Å². The average molecular weight is 286 g/mol. The summed E-state index contributed by atoms with van der Waals surface area (Å²) in [5.74, 6) is 0.142. The smallest absolute Gasteiger partial charge is 0.264 e. The molecule has 1 fully saturated rings. The molecule has 1 amide bonds. The largest absolute Gasteiger partial charge is 0.398 e. The van der Waals surface area contributed by atoms with Gasteiger partial charge in [0.25, 0.3) is 5.91 Å². The number of thiophene rings is 1. The second kappa shape index (κ2) is 5.29. The molecule has 2 N–H and O–H groups in total. The van der Waals surface area contributed by atoms with Crippen molar-refractivity contribution in [1.29, 1.82) is 0 Å². The molecule has 1 aliphatic rings. The van der Waals surface area contributed by atoms with Crippen molar-refractivity contribution in [3.05, 3.63) is 51.7 Å². The summed E-state index contributed by atoms with van der Waals surface area (Å²) >= 11 is 1.52. The highest BCUT2D eigenvalue weighted by molar-refractivity contribution is 7.12. The third-order valence-electron chi connectivity index (χ3n) is 3.70. The molecule has 0 spiro atoms. The number of rotatable bonds is 4. The summed E-state index contributed by atoms with van der Waals surface area (Å²) in [6.45, 7) is 2.60. The van der Waals surface area contributed by atoms with E-state index in [4.69, 9.17) is 5.73 Å². The van der Waals surface area contributed by atoms with Crippen molar-refractivity contribution in [2.75, 3.05) is 5.73 Å². The highest BCUT2D eigenvalue weighted by Crippen LogP contribution is 2.32. The van der Waals surface area contributed by atoms with Gasteiger partial charge in [-0.05, 0) is 48.4 Å². The molecule has 0 radical (unpaired) electrons.